The monoisotopic (exact) mass is 338 g/mol. The van der Waals surface area contributed by atoms with Crippen molar-refractivity contribution in [2.75, 3.05) is 24.6 Å². The second kappa shape index (κ2) is 6.44. The van der Waals surface area contributed by atoms with E-state index in [1.54, 1.807) is 0 Å². The number of hydrogen-bond donors (Lipinski definition) is 1. The highest BCUT2D eigenvalue weighted by molar-refractivity contribution is 5.87. The van der Waals surface area contributed by atoms with Crippen LogP contribution in [-0.2, 0) is 0 Å². The highest BCUT2D eigenvalue weighted by Crippen LogP contribution is 2.35. The van der Waals surface area contributed by atoms with Gasteiger partial charge in [-0.3, -0.25) is 0 Å². The van der Waals surface area contributed by atoms with Crippen molar-refractivity contribution in [3.63, 3.8) is 0 Å². The zero-order chi connectivity index (χ0) is 17.4. The molecule has 6 nitrogen and oxygen atoms in total. The second-order valence-electron chi connectivity index (χ2n) is 6.85. The molecule has 0 spiro atoms. The summed E-state index contributed by atoms with van der Waals surface area (Å²) < 4.78 is 5.43. The average molecular weight is 338 g/mol. The average Bonchev–Trinajstić information content (AvgIpc) is 3.07. The largest absolute Gasteiger partial charge is 0.396 e. The predicted octanol–water partition coefficient (Wildman–Crippen LogP) is 3.05. The molecule has 0 amide bonds. The summed E-state index contributed by atoms with van der Waals surface area (Å²) in [5.74, 6) is 2.71. The molecule has 1 aliphatic heterocycles. The van der Waals surface area contributed by atoms with Crippen LogP contribution in [0, 0.1) is 18.8 Å². The minimum Gasteiger partial charge on any atom is -0.396 e. The van der Waals surface area contributed by atoms with Gasteiger partial charge < -0.3 is 14.5 Å². The van der Waals surface area contributed by atoms with Gasteiger partial charge in [0.1, 0.15) is 5.82 Å². The minimum atomic E-state index is 0.195. The molecule has 3 aromatic rings. The van der Waals surface area contributed by atoms with Crippen LogP contribution in [0.4, 0.5) is 5.82 Å². The Morgan fingerprint density at radius 3 is 2.88 bits per heavy atom. The van der Waals surface area contributed by atoms with Crippen LogP contribution in [0.5, 0.6) is 0 Å². The first-order chi connectivity index (χ1) is 12.2. The first-order valence-electron chi connectivity index (χ1n) is 8.72. The number of benzene rings is 1. The normalized spacial score (nSPS) is 21.0. The molecule has 1 aromatic carbocycles. The number of para-hydroxylation sites is 1. The predicted molar refractivity (Wildman–Crippen MR) is 96.3 cm³/mol. The Kier molecular flexibility index (Phi) is 4.13. The number of fused-ring (bicyclic) bond motifs is 1. The summed E-state index contributed by atoms with van der Waals surface area (Å²) >= 11 is 0. The van der Waals surface area contributed by atoms with Gasteiger partial charge >= 0.3 is 0 Å². The topological polar surface area (TPSA) is 75.3 Å². The summed E-state index contributed by atoms with van der Waals surface area (Å²) in [4.78, 5) is 11.5. The maximum atomic E-state index is 9.70. The fraction of sp³-hybridized carbons (Fsp3) is 0.421. The Bertz CT molecular complexity index is 892. The zero-order valence-corrected chi connectivity index (χ0v) is 14.5. The van der Waals surface area contributed by atoms with E-state index < -0.39 is 0 Å². The number of aryl methyl sites for hydroxylation is 1. The summed E-state index contributed by atoms with van der Waals surface area (Å²) in [6.45, 7) is 5.90. The molecule has 2 aromatic heterocycles. The number of aliphatic hydroxyl groups excluding tert-OH is 1. The van der Waals surface area contributed by atoms with Gasteiger partial charge in [-0.1, -0.05) is 30.3 Å². The number of rotatable bonds is 3. The molecule has 0 radical (unpaired) electrons. The van der Waals surface area contributed by atoms with E-state index in [2.05, 4.69) is 28.0 Å². The summed E-state index contributed by atoms with van der Waals surface area (Å²) in [6, 6.07) is 10.1. The summed E-state index contributed by atoms with van der Waals surface area (Å²) in [6.07, 6.45) is 1.03. The van der Waals surface area contributed by atoms with E-state index in [1.165, 1.54) is 0 Å². The third-order valence-electron chi connectivity index (χ3n) is 5.11. The van der Waals surface area contributed by atoms with Crippen LogP contribution in [0.3, 0.4) is 0 Å². The van der Waals surface area contributed by atoms with E-state index in [0.717, 1.165) is 41.8 Å². The van der Waals surface area contributed by atoms with E-state index in [1.807, 2.05) is 31.2 Å². The van der Waals surface area contributed by atoms with Crippen LogP contribution in [-0.4, -0.2) is 39.9 Å². The second-order valence-corrected chi connectivity index (χ2v) is 6.85. The first kappa shape index (κ1) is 16.0. The molecule has 25 heavy (non-hydrogen) atoms. The molecule has 0 saturated carbocycles. The number of pyridine rings is 1. The van der Waals surface area contributed by atoms with Crippen LogP contribution in [0.25, 0.3) is 22.4 Å². The van der Waals surface area contributed by atoms with Gasteiger partial charge in [-0.2, -0.15) is 4.98 Å². The standard InChI is InChI=1S/C19H22N4O2/c1-12-7-8-23(10-15(12)11-24)18-16(19-20-13(2)22-25-19)9-14-5-3-4-6-17(14)21-18/h3-6,9,12,15,24H,7-8,10-11H2,1-2H3. The molecule has 0 aliphatic carbocycles. The van der Waals surface area contributed by atoms with Gasteiger partial charge in [0.25, 0.3) is 5.89 Å². The molecule has 4 rings (SSSR count). The van der Waals surface area contributed by atoms with Crippen molar-refractivity contribution in [1.29, 1.82) is 0 Å². The summed E-state index contributed by atoms with van der Waals surface area (Å²) in [5.41, 5.74) is 1.79. The van der Waals surface area contributed by atoms with E-state index in [9.17, 15) is 5.11 Å². The van der Waals surface area contributed by atoms with Gasteiger partial charge in [-0.05, 0) is 31.4 Å². The van der Waals surface area contributed by atoms with Gasteiger partial charge in [0.15, 0.2) is 5.82 Å². The lowest BCUT2D eigenvalue weighted by Gasteiger charge is -2.37. The molecule has 130 valence electrons. The van der Waals surface area contributed by atoms with Crippen LogP contribution in [0.1, 0.15) is 19.2 Å². The maximum absolute atomic E-state index is 9.70. The number of aliphatic hydroxyl groups is 1. The van der Waals surface area contributed by atoms with Gasteiger partial charge in [0, 0.05) is 31.0 Å². The Morgan fingerprint density at radius 2 is 2.12 bits per heavy atom. The molecule has 0 bridgehead atoms. The van der Waals surface area contributed by atoms with Gasteiger partial charge in [-0.15, -0.1) is 0 Å². The first-order valence-corrected chi connectivity index (χ1v) is 8.72. The maximum Gasteiger partial charge on any atom is 0.261 e. The van der Waals surface area contributed by atoms with Crippen LogP contribution in [0.2, 0.25) is 0 Å². The highest BCUT2D eigenvalue weighted by Gasteiger charge is 2.29. The fourth-order valence-corrected chi connectivity index (χ4v) is 3.49. The van der Waals surface area contributed by atoms with E-state index in [-0.39, 0.29) is 12.5 Å². The molecule has 6 heteroatoms. The smallest absolute Gasteiger partial charge is 0.261 e. The molecular weight excluding hydrogens is 316 g/mol. The molecule has 1 fully saturated rings. The number of nitrogens with zero attached hydrogens (tertiary/aromatic N) is 4. The zero-order valence-electron chi connectivity index (χ0n) is 14.5. The van der Waals surface area contributed by atoms with Gasteiger partial charge in [-0.25, -0.2) is 4.98 Å². The Labute approximate surface area is 146 Å². The van der Waals surface area contributed by atoms with E-state index in [0.29, 0.717) is 17.6 Å². The van der Waals surface area contributed by atoms with Gasteiger partial charge in [0.05, 0.1) is 11.1 Å². The molecule has 2 unspecified atom stereocenters. The molecule has 3 heterocycles. The lowest BCUT2D eigenvalue weighted by atomic mass is 9.87. The van der Waals surface area contributed by atoms with E-state index in [4.69, 9.17) is 9.51 Å². The Hall–Kier alpha value is -2.47. The summed E-state index contributed by atoms with van der Waals surface area (Å²) in [5, 5.41) is 14.7. The van der Waals surface area contributed by atoms with E-state index >= 15 is 0 Å². The lowest BCUT2D eigenvalue weighted by molar-refractivity contribution is 0.166. The summed E-state index contributed by atoms with van der Waals surface area (Å²) in [7, 11) is 0. The number of hydrogen-bond acceptors (Lipinski definition) is 6. The van der Waals surface area contributed by atoms with Crippen molar-refractivity contribution in [3.05, 3.63) is 36.2 Å². The number of piperidine rings is 1. The Balaban J connectivity index is 1.83. The van der Waals surface area contributed by atoms with Crippen LogP contribution in [0.15, 0.2) is 34.9 Å². The van der Waals surface area contributed by atoms with Crippen molar-refractivity contribution in [2.45, 2.75) is 20.3 Å². The molecule has 1 N–H and O–H groups in total. The molecular formula is C19H22N4O2. The van der Waals surface area contributed by atoms with Crippen molar-refractivity contribution < 1.29 is 9.63 Å². The van der Waals surface area contributed by atoms with Crippen LogP contribution < -0.4 is 4.90 Å². The van der Waals surface area contributed by atoms with Crippen molar-refractivity contribution >= 4 is 16.7 Å². The quantitative estimate of drug-likeness (QED) is 0.791. The van der Waals surface area contributed by atoms with Crippen molar-refractivity contribution in [2.24, 2.45) is 11.8 Å². The van der Waals surface area contributed by atoms with Gasteiger partial charge in [0.2, 0.25) is 0 Å². The third-order valence-corrected chi connectivity index (χ3v) is 5.11. The van der Waals surface area contributed by atoms with Crippen molar-refractivity contribution in [1.82, 2.24) is 15.1 Å². The number of anilines is 1. The lowest BCUT2D eigenvalue weighted by Crippen LogP contribution is -2.41. The number of aromatic nitrogens is 3. The van der Waals surface area contributed by atoms with Crippen LogP contribution >= 0.6 is 0 Å². The third kappa shape index (κ3) is 2.98. The molecule has 1 aliphatic rings. The molecule has 2 atom stereocenters. The molecule has 1 saturated heterocycles. The SMILES string of the molecule is Cc1noc(-c2cc3ccccc3nc2N2CCC(C)C(CO)C2)n1. The highest BCUT2D eigenvalue weighted by atomic mass is 16.5. The van der Waals surface area contributed by atoms with Crippen molar-refractivity contribution in [3.8, 4) is 11.5 Å². The fourth-order valence-electron chi connectivity index (χ4n) is 3.49. The minimum absolute atomic E-state index is 0.195. The Morgan fingerprint density at radius 1 is 1.28 bits per heavy atom.